The van der Waals surface area contributed by atoms with Gasteiger partial charge in [-0.1, -0.05) is 18.2 Å². The van der Waals surface area contributed by atoms with Gasteiger partial charge in [0.05, 0.1) is 19.9 Å². The van der Waals surface area contributed by atoms with E-state index in [9.17, 15) is 13.6 Å². The molecule has 0 aliphatic carbocycles. The number of thiazole rings is 1. The van der Waals surface area contributed by atoms with Gasteiger partial charge in [0.25, 0.3) is 0 Å². The summed E-state index contributed by atoms with van der Waals surface area (Å²) < 4.78 is 44.6. The number of esters is 1. The largest absolute Gasteiger partial charge is 0.497 e. The number of carbonyl (C=O) groups is 1. The van der Waals surface area contributed by atoms with Gasteiger partial charge in [-0.25, -0.2) is 9.78 Å². The maximum absolute atomic E-state index is 12.4. The summed E-state index contributed by atoms with van der Waals surface area (Å²) in [5.74, 6) is 0.204. The van der Waals surface area contributed by atoms with Crippen LogP contribution < -0.4 is 14.2 Å². The number of carbonyl (C=O) groups excluding carboxylic acids is 1. The van der Waals surface area contributed by atoms with Gasteiger partial charge in [-0.3, -0.25) is 0 Å². The van der Waals surface area contributed by atoms with Gasteiger partial charge < -0.3 is 18.9 Å². The van der Waals surface area contributed by atoms with Crippen molar-refractivity contribution < 1.29 is 32.5 Å². The van der Waals surface area contributed by atoms with Crippen molar-refractivity contribution in [2.45, 2.75) is 13.2 Å². The summed E-state index contributed by atoms with van der Waals surface area (Å²) in [6, 6.07) is 11.9. The fourth-order valence-electron chi connectivity index (χ4n) is 2.60. The van der Waals surface area contributed by atoms with Gasteiger partial charge >= 0.3 is 12.6 Å². The van der Waals surface area contributed by atoms with Crippen molar-refractivity contribution >= 4 is 23.4 Å². The normalized spacial score (nSPS) is 11.0. The molecule has 3 rings (SSSR count). The Morgan fingerprint density at radius 3 is 2.71 bits per heavy atom. The molecule has 0 unspecified atom stereocenters. The van der Waals surface area contributed by atoms with Crippen LogP contribution in [-0.4, -0.2) is 31.8 Å². The molecule has 9 heteroatoms. The number of aromatic nitrogens is 1. The molecule has 0 aliphatic heterocycles. The van der Waals surface area contributed by atoms with Gasteiger partial charge in [-0.2, -0.15) is 8.78 Å². The lowest BCUT2D eigenvalue weighted by Gasteiger charge is -2.10. The standard InChI is InChI=1S/C22H19F2NO5S/c1-27-17-5-3-4-15(11-17)21-25-16(13-31-21)12-29-20(26)9-7-14-6-8-18(30-22(23)24)19(10-14)28-2/h3-11,13,22H,12H2,1-2H3/b9-7+. The Morgan fingerprint density at radius 2 is 1.97 bits per heavy atom. The van der Waals surface area contributed by atoms with E-state index in [4.69, 9.17) is 14.2 Å². The summed E-state index contributed by atoms with van der Waals surface area (Å²) in [4.78, 5) is 16.5. The number of nitrogens with zero attached hydrogens (tertiary/aromatic N) is 1. The topological polar surface area (TPSA) is 66.9 Å². The number of methoxy groups -OCH3 is 2. The molecule has 0 spiro atoms. The highest BCUT2D eigenvalue weighted by molar-refractivity contribution is 7.13. The Morgan fingerprint density at radius 1 is 1.13 bits per heavy atom. The Balaban J connectivity index is 1.58. The number of halogens is 2. The molecular formula is C22H19F2NO5S. The Labute approximate surface area is 181 Å². The average molecular weight is 447 g/mol. The first kappa shape index (κ1) is 22.2. The van der Waals surface area contributed by atoms with E-state index in [1.807, 2.05) is 29.6 Å². The molecule has 6 nitrogen and oxygen atoms in total. The zero-order valence-electron chi connectivity index (χ0n) is 16.7. The fraction of sp³-hybridized carbons (Fsp3) is 0.182. The highest BCUT2D eigenvalue weighted by atomic mass is 32.1. The van der Waals surface area contributed by atoms with Crippen molar-refractivity contribution in [1.82, 2.24) is 4.98 Å². The third kappa shape index (κ3) is 6.26. The molecule has 3 aromatic rings. The number of alkyl halides is 2. The molecule has 162 valence electrons. The van der Waals surface area contributed by atoms with Crippen LogP contribution in [0.5, 0.6) is 17.2 Å². The summed E-state index contributed by atoms with van der Waals surface area (Å²) in [6.07, 6.45) is 2.72. The second-order valence-electron chi connectivity index (χ2n) is 6.11. The van der Waals surface area contributed by atoms with Gasteiger partial charge in [0.1, 0.15) is 17.4 Å². The van der Waals surface area contributed by atoms with Gasteiger partial charge in [0.2, 0.25) is 0 Å². The Kier molecular flexibility index (Phi) is 7.55. The number of hydrogen-bond donors (Lipinski definition) is 0. The Hall–Kier alpha value is -3.46. The molecule has 0 saturated carbocycles. The molecule has 0 bridgehead atoms. The third-order valence-electron chi connectivity index (χ3n) is 4.05. The molecule has 0 saturated heterocycles. The lowest BCUT2D eigenvalue weighted by molar-refractivity contribution is -0.139. The van der Waals surface area contributed by atoms with E-state index >= 15 is 0 Å². The highest BCUT2D eigenvalue weighted by Crippen LogP contribution is 2.30. The van der Waals surface area contributed by atoms with Crippen LogP contribution >= 0.6 is 11.3 Å². The molecule has 1 heterocycles. The highest BCUT2D eigenvalue weighted by Gasteiger charge is 2.11. The lowest BCUT2D eigenvalue weighted by Crippen LogP contribution is -2.03. The van der Waals surface area contributed by atoms with Crippen LogP contribution in [0.25, 0.3) is 16.6 Å². The van der Waals surface area contributed by atoms with Crippen LogP contribution in [0.3, 0.4) is 0 Å². The molecule has 0 atom stereocenters. The predicted molar refractivity (Wildman–Crippen MR) is 113 cm³/mol. The summed E-state index contributed by atoms with van der Waals surface area (Å²) >= 11 is 1.44. The number of rotatable bonds is 9. The first-order valence-electron chi connectivity index (χ1n) is 9.05. The van der Waals surface area contributed by atoms with Crippen molar-refractivity contribution in [2.75, 3.05) is 14.2 Å². The van der Waals surface area contributed by atoms with E-state index in [1.54, 1.807) is 7.11 Å². The Bertz CT molecular complexity index is 1070. The number of ether oxygens (including phenoxy) is 4. The average Bonchev–Trinajstić information content (AvgIpc) is 3.26. The van der Waals surface area contributed by atoms with Crippen molar-refractivity contribution in [3.05, 3.63) is 65.2 Å². The van der Waals surface area contributed by atoms with Gasteiger partial charge in [0, 0.05) is 17.0 Å². The quantitative estimate of drug-likeness (QED) is 0.332. The summed E-state index contributed by atoms with van der Waals surface area (Å²) in [5.41, 5.74) is 2.10. The minimum Gasteiger partial charge on any atom is -0.497 e. The van der Waals surface area contributed by atoms with E-state index in [0.29, 0.717) is 11.3 Å². The van der Waals surface area contributed by atoms with Crippen LogP contribution in [0.2, 0.25) is 0 Å². The van der Waals surface area contributed by atoms with Gasteiger partial charge in [-0.15, -0.1) is 11.3 Å². The van der Waals surface area contributed by atoms with Crippen LogP contribution in [0.15, 0.2) is 53.9 Å². The second-order valence-corrected chi connectivity index (χ2v) is 6.96. The number of benzene rings is 2. The van der Waals surface area contributed by atoms with Gasteiger partial charge in [0.15, 0.2) is 11.5 Å². The first-order chi connectivity index (χ1) is 15.0. The number of hydrogen-bond acceptors (Lipinski definition) is 7. The minimum absolute atomic E-state index is 0.0220. The van der Waals surface area contributed by atoms with E-state index < -0.39 is 12.6 Å². The molecule has 1 aromatic heterocycles. The van der Waals surface area contributed by atoms with Gasteiger partial charge in [-0.05, 0) is 35.9 Å². The molecule has 0 radical (unpaired) electrons. The van der Waals surface area contributed by atoms with E-state index in [1.165, 1.54) is 48.8 Å². The zero-order valence-corrected chi connectivity index (χ0v) is 17.5. The smallest absolute Gasteiger partial charge is 0.387 e. The summed E-state index contributed by atoms with van der Waals surface area (Å²) in [7, 11) is 2.93. The maximum Gasteiger partial charge on any atom is 0.387 e. The molecule has 0 N–H and O–H groups in total. The third-order valence-corrected chi connectivity index (χ3v) is 4.99. The molecule has 0 amide bonds. The van der Waals surface area contributed by atoms with Crippen LogP contribution in [0, 0.1) is 0 Å². The summed E-state index contributed by atoms with van der Waals surface area (Å²) in [5, 5.41) is 2.61. The molecule has 31 heavy (non-hydrogen) atoms. The zero-order chi connectivity index (χ0) is 22.2. The van der Waals surface area contributed by atoms with Crippen LogP contribution in [0.4, 0.5) is 8.78 Å². The fourth-order valence-corrected chi connectivity index (χ4v) is 3.40. The summed E-state index contributed by atoms with van der Waals surface area (Å²) in [6.45, 7) is -2.94. The van der Waals surface area contributed by atoms with Crippen molar-refractivity contribution in [2.24, 2.45) is 0 Å². The second kappa shape index (κ2) is 10.5. The maximum atomic E-state index is 12.4. The SMILES string of the molecule is COc1cccc(-c2nc(COC(=O)/C=C/c3ccc(OC(F)F)c(OC)c3)cs2)c1. The molecular weight excluding hydrogens is 428 g/mol. The van der Waals surface area contributed by atoms with E-state index in [0.717, 1.165) is 16.3 Å². The lowest BCUT2D eigenvalue weighted by atomic mass is 10.2. The first-order valence-corrected chi connectivity index (χ1v) is 9.93. The van der Waals surface area contributed by atoms with Crippen LogP contribution in [-0.2, 0) is 16.1 Å². The van der Waals surface area contributed by atoms with E-state index in [-0.39, 0.29) is 18.1 Å². The molecule has 0 fully saturated rings. The minimum atomic E-state index is -2.96. The van der Waals surface area contributed by atoms with Crippen molar-refractivity contribution in [1.29, 1.82) is 0 Å². The van der Waals surface area contributed by atoms with E-state index in [2.05, 4.69) is 9.72 Å². The monoisotopic (exact) mass is 447 g/mol. The predicted octanol–water partition coefficient (Wildman–Crippen LogP) is 5.19. The van der Waals surface area contributed by atoms with Crippen molar-refractivity contribution in [3.63, 3.8) is 0 Å². The molecule has 0 aliphatic rings. The van der Waals surface area contributed by atoms with Crippen molar-refractivity contribution in [3.8, 4) is 27.8 Å². The molecule has 2 aromatic carbocycles. The van der Waals surface area contributed by atoms with Crippen LogP contribution in [0.1, 0.15) is 11.3 Å².